The third kappa shape index (κ3) is 3.65. The maximum atomic E-state index is 12.8. The van der Waals surface area contributed by atoms with Crippen LogP contribution in [0.1, 0.15) is 38.7 Å². The van der Waals surface area contributed by atoms with Crippen LogP contribution in [0.4, 0.5) is 0 Å². The van der Waals surface area contributed by atoms with Crippen LogP contribution in [0.15, 0.2) is 27.9 Å². The van der Waals surface area contributed by atoms with E-state index in [9.17, 15) is 17.8 Å². The zero-order chi connectivity index (χ0) is 20.5. The third-order valence-corrected chi connectivity index (χ3v) is 5.10. The van der Waals surface area contributed by atoms with Crippen LogP contribution in [-0.2, 0) is 23.0 Å². The quantitative estimate of drug-likeness (QED) is 0.576. The molecule has 1 aromatic carbocycles. The molecule has 3 aromatic rings. The van der Waals surface area contributed by atoms with E-state index in [1.165, 1.54) is 22.7 Å². The Morgan fingerprint density at radius 3 is 2.61 bits per heavy atom. The highest BCUT2D eigenvalue weighted by Gasteiger charge is 2.20. The van der Waals surface area contributed by atoms with Crippen LogP contribution < -0.4 is 10.3 Å². The van der Waals surface area contributed by atoms with Crippen molar-refractivity contribution >= 4 is 15.6 Å². The molecule has 2 N–H and O–H groups in total. The lowest BCUT2D eigenvalue weighted by atomic mass is 10.2. The van der Waals surface area contributed by atoms with Gasteiger partial charge in [-0.05, 0) is 38.0 Å². The average molecular weight is 406 g/mol. The molecule has 0 saturated heterocycles. The Hall–Kier alpha value is -2.72. The minimum Gasteiger partial charge on any atom is -0.493 e. The predicted octanol–water partition coefficient (Wildman–Crippen LogP) is 2.24. The first-order chi connectivity index (χ1) is 13.3. The molecular formula is C18H22N4O5S. The summed E-state index contributed by atoms with van der Waals surface area (Å²) in [5.74, 6) is 1.12. The van der Waals surface area contributed by atoms with Gasteiger partial charge in [0.25, 0.3) is 15.7 Å². The van der Waals surface area contributed by atoms with Gasteiger partial charge in [-0.15, -0.1) is 5.10 Å². The SMILES string of the molecule is CCCc1nc(CC)c2c(=O)[nH]c(-c3cc(S(=O)(=O)O)ccc3OCC)nn12. The number of nitrogens with zero attached hydrogens (tertiary/aromatic N) is 3. The van der Waals surface area contributed by atoms with E-state index in [-0.39, 0.29) is 21.8 Å². The normalized spacial score (nSPS) is 11.9. The molecule has 3 rings (SSSR count). The average Bonchev–Trinajstić information content (AvgIpc) is 3.00. The van der Waals surface area contributed by atoms with Gasteiger partial charge in [0, 0.05) is 6.42 Å². The molecule has 150 valence electrons. The van der Waals surface area contributed by atoms with E-state index in [2.05, 4.69) is 15.1 Å². The van der Waals surface area contributed by atoms with E-state index in [0.29, 0.717) is 42.2 Å². The number of H-pyrrole nitrogens is 1. The fourth-order valence-corrected chi connectivity index (χ4v) is 3.53. The second-order valence-corrected chi connectivity index (χ2v) is 7.63. The van der Waals surface area contributed by atoms with Crippen molar-refractivity contribution in [1.29, 1.82) is 0 Å². The Bertz CT molecular complexity index is 1180. The first-order valence-electron chi connectivity index (χ1n) is 9.05. The van der Waals surface area contributed by atoms with Gasteiger partial charge >= 0.3 is 0 Å². The lowest BCUT2D eigenvalue weighted by Gasteiger charge is -2.11. The van der Waals surface area contributed by atoms with E-state index in [1.807, 2.05) is 13.8 Å². The van der Waals surface area contributed by atoms with Crippen molar-refractivity contribution in [3.63, 3.8) is 0 Å². The number of aromatic amines is 1. The van der Waals surface area contributed by atoms with Crippen LogP contribution in [0, 0.1) is 0 Å². The number of aryl methyl sites for hydroxylation is 2. The minimum atomic E-state index is -4.43. The number of hydrogen-bond donors (Lipinski definition) is 2. The largest absolute Gasteiger partial charge is 0.493 e. The maximum absolute atomic E-state index is 12.8. The highest BCUT2D eigenvalue weighted by atomic mass is 32.2. The molecule has 0 spiro atoms. The van der Waals surface area contributed by atoms with Gasteiger partial charge < -0.3 is 9.72 Å². The maximum Gasteiger partial charge on any atom is 0.294 e. The van der Waals surface area contributed by atoms with E-state index in [0.717, 1.165) is 6.42 Å². The third-order valence-electron chi connectivity index (χ3n) is 4.25. The van der Waals surface area contributed by atoms with Crippen LogP contribution in [0.25, 0.3) is 16.9 Å². The molecule has 0 atom stereocenters. The fourth-order valence-electron chi connectivity index (χ4n) is 3.02. The number of nitrogens with one attached hydrogen (secondary N) is 1. The molecule has 28 heavy (non-hydrogen) atoms. The molecule has 2 aromatic heterocycles. The molecule has 0 fully saturated rings. The van der Waals surface area contributed by atoms with Crippen molar-refractivity contribution in [1.82, 2.24) is 19.6 Å². The Kier molecular flexibility index (Phi) is 5.52. The topological polar surface area (TPSA) is 127 Å². The van der Waals surface area contributed by atoms with Crippen molar-refractivity contribution in [2.75, 3.05) is 6.61 Å². The Balaban J connectivity index is 2.31. The van der Waals surface area contributed by atoms with Crippen LogP contribution in [-0.4, -0.2) is 39.2 Å². The van der Waals surface area contributed by atoms with Gasteiger partial charge in [-0.2, -0.15) is 8.42 Å². The number of rotatable bonds is 7. The molecule has 0 saturated carbocycles. The van der Waals surface area contributed by atoms with Crippen molar-refractivity contribution < 1.29 is 17.7 Å². The number of imidazole rings is 1. The zero-order valence-corrected chi connectivity index (χ0v) is 16.7. The summed E-state index contributed by atoms with van der Waals surface area (Å²) in [7, 11) is -4.43. The van der Waals surface area contributed by atoms with Crippen molar-refractivity contribution in [2.24, 2.45) is 0 Å². The molecule has 0 amide bonds. The van der Waals surface area contributed by atoms with Gasteiger partial charge in [0.05, 0.1) is 22.8 Å². The highest BCUT2D eigenvalue weighted by Crippen LogP contribution is 2.30. The van der Waals surface area contributed by atoms with Crippen LogP contribution in [0.2, 0.25) is 0 Å². The van der Waals surface area contributed by atoms with Gasteiger partial charge in [-0.25, -0.2) is 9.50 Å². The molecule has 10 heteroatoms. The van der Waals surface area contributed by atoms with E-state index in [1.54, 1.807) is 6.92 Å². The van der Waals surface area contributed by atoms with Crippen LogP contribution in [0.5, 0.6) is 5.75 Å². The molecule has 0 aliphatic carbocycles. The van der Waals surface area contributed by atoms with Crippen molar-refractivity contribution in [2.45, 2.75) is 44.9 Å². The molecule has 9 nitrogen and oxygen atoms in total. The van der Waals surface area contributed by atoms with Gasteiger partial charge in [-0.3, -0.25) is 9.35 Å². The van der Waals surface area contributed by atoms with E-state index in [4.69, 9.17) is 4.74 Å². The molecular weight excluding hydrogens is 384 g/mol. The van der Waals surface area contributed by atoms with E-state index < -0.39 is 10.1 Å². The van der Waals surface area contributed by atoms with Gasteiger partial charge in [0.15, 0.2) is 11.3 Å². The minimum absolute atomic E-state index is 0.129. The first kappa shape index (κ1) is 20.0. The Morgan fingerprint density at radius 2 is 2.00 bits per heavy atom. The standard InChI is InChI=1S/C18H22N4O5S/c1-4-7-15-19-13(5-2)16-18(23)20-17(21-22(15)16)12-10-11(28(24,25)26)8-9-14(12)27-6-3/h8-10H,4-7H2,1-3H3,(H,20,21,23)(H,24,25,26). The van der Waals surface area contributed by atoms with Gasteiger partial charge in [-0.1, -0.05) is 13.8 Å². The lowest BCUT2D eigenvalue weighted by Crippen LogP contribution is -2.16. The number of fused-ring (bicyclic) bond motifs is 1. The summed E-state index contributed by atoms with van der Waals surface area (Å²) in [5.41, 5.74) is 0.903. The second kappa shape index (κ2) is 7.72. The van der Waals surface area contributed by atoms with Crippen LogP contribution >= 0.6 is 0 Å². The monoisotopic (exact) mass is 406 g/mol. The summed E-state index contributed by atoms with van der Waals surface area (Å²) in [5, 5.41) is 4.50. The Labute approximate surface area is 162 Å². The molecule has 2 heterocycles. The van der Waals surface area contributed by atoms with Crippen LogP contribution in [0.3, 0.4) is 0 Å². The smallest absolute Gasteiger partial charge is 0.294 e. The molecule has 0 radical (unpaired) electrons. The lowest BCUT2D eigenvalue weighted by molar-refractivity contribution is 0.341. The van der Waals surface area contributed by atoms with Crippen molar-refractivity contribution in [3.05, 3.63) is 40.1 Å². The number of aromatic nitrogens is 4. The Morgan fingerprint density at radius 1 is 1.25 bits per heavy atom. The predicted molar refractivity (Wildman–Crippen MR) is 103 cm³/mol. The summed E-state index contributed by atoms with van der Waals surface area (Å²) in [4.78, 5) is 19.7. The second-order valence-electron chi connectivity index (χ2n) is 6.21. The molecule has 0 unspecified atom stereocenters. The zero-order valence-electron chi connectivity index (χ0n) is 15.9. The van der Waals surface area contributed by atoms with Gasteiger partial charge in [0.2, 0.25) is 0 Å². The van der Waals surface area contributed by atoms with E-state index >= 15 is 0 Å². The first-order valence-corrected chi connectivity index (χ1v) is 10.5. The summed E-state index contributed by atoms with van der Waals surface area (Å²) in [6, 6.07) is 3.88. The number of hydrogen-bond acceptors (Lipinski definition) is 6. The summed E-state index contributed by atoms with van der Waals surface area (Å²) >= 11 is 0. The number of benzene rings is 1. The summed E-state index contributed by atoms with van der Waals surface area (Å²) in [6.45, 7) is 6.02. The highest BCUT2D eigenvalue weighted by molar-refractivity contribution is 7.85. The summed E-state index contributed by atoms with van der Waals surface area (Å²) in [6.07, 6.45) is 2.05. The molecule has 0 bridgehead atoms. The van der Waals surface area contributed by atoms with Gasteiger partial charge in [0.1, 0.15) is 11.6 Å². The summed E-state index contributed by atoms with van der Waals surface area (Å²) < 4.78 is 39.5. The number of ether oxygens (including phenoxy) is 1. The molecule has 0 aliphatic rings. The van der Waals surface area contributed by atoms with Crippen molar-refractivity contribution in [3.8, 4) is 17.1 Å². The molecule has 0 aliphatic heterocycles. The fraction of sp³-hybridized carbons (Fsp3) is 0.389.